The fourth-order valence-electron chi connectivity index (χ4n) is 3.00. The zero-order valence-electron chi connectivity index (χ0n) is 16.9. The molecule has 1 aromatic heterocycles. The van der Waals surface area contributed by atoms with E-state index in [4.69, 9.17) is 18.9 Å². The first-order valence-electron chi connectivity index (χ1n) is 8.72. The highest BCUT2D eigenvalue weighted by Crippen LogP contribution is 2.42. The number of benzene rings is 2. The van der Waals surface area contributed by atoms with Crippen LogP contribution in [0, 0.1) is 11.3 Å². The molecule has 0 amide bonds. The van der Waals surface area contributed by atoms with E-state index in [1.54, 1.807) is 24.3 Å². The third-order valence-electron chi connectivity index (χ3n) is 4.49. The maximum absolute atomic E-state index is 13.3. The van der Waals surface area contributed by atoms with Crippen molar-refractivity contribution in [3.05, 3.63) is 54.2 Å². The minimum Gasteiger partial charge on any atom is -0.497 e. The van der Waals surface area contributed by atoms with Crippen molar-refractivity contribution in [2.45, 2.75) is 4.90 Å². The van der Waals surface area contributed by atoms with E-state index in [0.717, 1.165) is 3.97 Å². The van der Waals surface area contributed by atoms with E-state index in [0.29, 0.717) is 28.6 Å². The second-order valence-corrected chi connectivity index (χ2v) is 7.93. The number of hydrogen-bond donors (Lipinski definition) is 0. The van der Waals surface area contributed by atoms with Gasteiger partial charge in [0.1, 0.15) is 11.8 Å². The van der Waals surface area contributed by atoms with E-state index >= 15 is 0 Å². The molecule has 0 saturated heterocycles. The van der Waals surface area contributed by atoms with E-state index in [-0.39, 0.29) is 16.2 Å². The summed E-state index contributed by atoms with van der Waals surface area (Å²) in [4.78, 5) is 0.0529. The molecule has 30 heavy (non-hydrogen) atoms. The second-order valence-electron chi connectivity index (χ2n) is 6.12. The molecule has 1 heterocycles. The van der Waals surface area contributed by atoms with Gasteiger partial charge in [0.15, 0.2) is 11.5 Å². The first kappa shape index (κ1) is 21.1. The van der Waals surface area contributed by atoms with E-state index in [9.17, 15) is 13.7 Å². The monoisotopic (exact) mass is 428 g/mol. The van der Waals surface area contributed by atoms with Crippen molar-refractivity contribution in [1.29, 1.82) is 5.26 Å². The maximum atomic E-state index is 13.3. The van der Waals surface area contributed by atoms with Gasteiger partial charge in [-0.1, -0.05) is 0 Å². The molecule has 0 radical (unpaired) electrons. The molecule has 0 aliphatic rings. The van der Waals surface area contributed by atoms with E-state index < -0.39 is 10.0 Å². The summed E-state index contributed by atoms with van der Waals surface area (Å²) in [6, 6.07) is 12.7. The average Bonchev–Trinajstić information content (AvgIpc) is 3.23. The van der Waals surface area contributed by atoms with Crippen LogP contribution in [0.5, 0.6) is 23.0 Å². The Balaban J connectivity index is 2.23. The average molecular weight is 428 g/mol. The van der Waals surface area contributed by atoms with Crippen LogP contribution in [0.2, 0.25) is 0 Å². The first-order valence-corrected chi connectivity index (χ1v) is 10.2. The van der Waals surface area contributed by atoms with Crippen molar-refractivity contribution < 1.29 is 27.4 Å². The van der Waals surface area contributed by atoms with E-state index in [2.05, 4.69) is 0 Å². The van der Waals surface area contributed by atoms with Gasteiger partial charge in [-0.2, -0.15) is 5.26 Å². The van der Waals surface area contributed by atoms with E-state index in [1.807, 2.05) is 6.07 Å². The van der Waals surface area contributed by atoms with Gasteiger partial charge in [-0.15, -0.1) is 0 Å². The summed E-state index contributed by atoms with van der Waals surface area (Å²) in [5, 5.41) is 9.37. The van der Waals surface area contributed by atoms with Crippen molar-refractivity contribution in [3.63, 3.8) is 0 Å². The highest BCUT2D eigenvalue weighted by Gasteiger charge is 2.24. The van der Waals surface area contributed by atoms with Gasteiger partial charge >= 0.3 is 0 Å². The molecule has 0 aliphatic carbocycles. The van der Waals surface area contributed by atoms with Gasteiger partial charge in [0.2, 0.25) is 5.75 Å². The summed E-state index contributed by atoms with van der Waals surface area (Å²) in [7, 11) is 1.92. The maximum Gasteiger partial charge on any atom is 0.268 e. The quantitative estimate of drug-likeness (QED) is 0.569. The van der Waals surface area contributed by atoms with Crippen molar-refractivity contribution in [1.82, 2.24) is 3.97 Å². The van der Waals surface area contributed by atoms with E-state index in [1.165, 1.54) is 52.8 Å². The lowest BCUT2D eigenvalue weighted by atomic mass is 10.1. The Kier molecular flexibility index (Phi) is 5.89. The number of rotatable bonds is 7. The molecule has 2 aromatic carbocycles. The number of aromatic nitrogens is 1. The molecule has 0 fully saturated rings. The van der Waals surface area contributed by atoms with Gasteiger partial charge in [-0.05, 0) is 42.5 Å². The van der Waals surface area contributed by atoms with Crippen molar-refractivity contribution in [3.8, 4) is 40.3 Å². The van der Waals surface area contributed by atoms with Crippen molar-refractivity contribution in [2.75, 3.05) is 28.4 Å². The molecule has 3 aromatic rings. The van der Waals surface area contributed by atoms with Crippen LogP contribution in [0.4, 0.5) is 0 Å². The van der Waals surface area contributed by atoms with Crippen LogP contribution in [0.15, 0.2) is 53.6 Å². The molecule has 8 nitrogen and oxygen atoms in total. The summed E-state index contributed by atoms with van der Waals surface area (Å²) >= 11 is 0. The second kappa shape index (κ2) is 8.39. The van der Waals surface area contributed by atoms with Crippen LogP contribution in [0.25, 0.3) is 11.3 Å². The summed E-state index contributed by atoms with van der Waals surface area (Å²) in [5.41, 5.74) is 0.945. The Morgan fingerprint density at radius 3 is 1.93 bits per heavy atom. The van der Waals surface area contributed by atoms with Gasteiger partial charge in [-0.3, -0.25) is 0 Å². The lowest BCUT2D eigenvalue weighted by molar-refractivity contribution is 0.324. The SMILES string of the molecule is COc1ccc(S(=O)(=O)n2cc(C#N)cc2-c2cc(OC)c(OC)c(OC)c2)cc1. The number of hydrogen-bond acceptors (Lipinski definition) is 7. The largest absolute Gasteiger partial charge is 0.497 e. The highest BCUT2D eigenvalue weighted by molar-refractivity contribution is 7.90. The minimum absolute atomic E-state index is 0.0529. The molecular formula is C21H20N2O6S. The smallest absolute Gasteiger partial charge is 0.268 e. The van der Waals surface area contributed by atoms with Gasteiger partial charge < -0.3 is 18.9 Å². The molecule has 0 bridgehead atoms. The minimum atomic E-state index is -3.99. The normalized spacial score (nSPS) is 10.9. The molecule has 0 aliphatic heterocycles. The molecule has 0 unspecified atom stereocenters. The predicted octanol–water partition coefficient (Wildman–Crippen LogP) is 3.30. The van der Waals surface area contributed by atoms with Gasteiger partial charge in [-0.25, -0.2) is 12.4 Å². The van der Waals surface area contributed by atoms with Crippen molar-refractivity contribution in [2.24, 2.45) is 0 Å². The summed E-state index contributed by atoms with van der Waals surface area (Å²) in [6.07, 6.45) is 1.28. The van der Waals surface area contributed by atoms with Crippen LogP contribution in [-0.4, -0.2) is 40.8 Å². The lowest BCUT2D eigenvalue weighted by Gasteiger charge is -2.16. The molecule has 0 spiro atoms. The molecule has 0 N–H and O–H groups in total. The summed E-state index contributed by atoms with van der Waals surface area (Å²) in [6.45, 7) is 0. The number of methoxy groups -OCH3 is 4. The van der Waals surface area contributed by atoms with Gasteiger partial charge in [0, 0.05) is 11.8 Å². The number of nitriles is 1. The Morgan fingerprint density at radius 1 is 0.867 bits per heavy atom. The fourth-order valence-corrected chi connectivity index (χ4v) is 4.38. The molecule has 0 atom stereocenters. The summed E-state index contributed by atoms with van der Waals surface area (Å²) in [5.74, 6) is 1.63. The first-order chi connectivity index (χ1) is 14.4. The van der Waals surface area contributed by atoms with Crippen LogP contribution in [0.3, 0.4) is 0 Å². The fraction of sp³-hybridized carbons (Fsp3) is 0.190. The van der Waals surface area contributed by atoms with Crippen LogP contribution >= 0.6 is 0 Å². The molecular weight excluding hydrogens is 408 g/mol. The predicted molar refractivity (Wildman–Crippen MR) is 110 cm³/mol. The zero-order valence-corrected chi connectivity index (χ0v) is 17.7. The Morgan fingerprint density at radius 2 is 1.47 bits per heavy atom. The molecule has 9 heteroatoms. The topological polar surface area (TPSA) is 99.8 Å². The Labute approximate surface area is 174 Å². The number of nitrogens with zero attached hydrogens (tertiary/aromatic N) is 2. The number of ether oxygens (including phenoxy) is 4. The Bertz CT molecular complexity index is 1180. The molecule has 3 rings (SSSR count). The Hall–Kier alpha value is -3.64. The zero-order chi connectivity index (χ0) is 21.9. The third-order valence-corrected chi connectivity index (χ3v) is 6.18. The lowest BCUT2D eigenvalue weighted by Crippen LogP contribution is -2.13. The standard InChI is InChI=1S/C21H20N2O6S/c1-26-16-5-7-17(8-6-16)30(24,25)23-13-14(12-22)9-18(23)15-10-19(27-2)21(29-4)20(11-15)28-3/h5-11,13H,1-4H3. The third kappa shape index (κ3) is 3.65. The molecule has 156 valence electrons. The van der Waals surface area contributed by atoms with Gasteiger partial charge in [0.05, 0.1) is 44.6 Å². The van der Waals surface area contributed by atoms with Crippen LogP contribution in [-0.2, 0) is 10.0 Å². The van der Waals surface area contributed by atoms with Crippen molar-refractivity contribution >= 4 is 10.0 Å². The molecule has 0 saturated carbocycles. The van der Waals surface area contributed by atoms with Crippen LogP contribution < -0.4 is 18.9 Å². The summed E-state index contributed by atoms with van der Waals surface area (Å²) < 4.78 is 48.8. The van der Waals surface area contributed by atoms with Gasteiger partial charge in [0.25, 0.3) is 10.0 Å². The van der Waals surface area contributed by atoms with Crippen LogP contribution in [0.1, 0.15) is 5.56 Å². The highest BCUT2D eigenvalue weighted by atomic mass is 32.2.